The third-order valence-corrected chi connectivity index (χ3v) is 12.7. The van der Waals surface area contributed by atoms with Gasteiger partial charge in [-0.3, -0.25) is 9.80 Å². The number of fused-ring (bicyclic) bond motifs is 4. The number of rotatable bonds is 6. The van der Waals surface area contributed by atoms with Gasteiger partial charge in [0.25, 0.3) is 0 Å². The minimum atomic E-state index is 0.302. The standard InChI is InChI=1S/C29H52N4O2S/c1-31-24-16-22(35-2)8-9-23(24)27-28(31)25(19-34)33(17-21-6-4-3-5-7-21)20-29(27)10-13-32(14-11-29)18-26-30-12-15-36-26/h21-28,30,34H,3-20H2,1-2H3/t22?,23?,24?,25-,26?,27?,28?/m0/s1. The van der Waals surface area contributed by atoms with Crippen molar-refractivity contribution in [1.82, 2.24) is 20.0 Å². The van der Waals surface area contributed by atoms with Crippen LogP contribution in [0.2, 0.25) is 0 Å². The van der Waals surface area contributed by atoms with E-state index < -0.39 is 0 Å². The monoisotopic (exact) mass is 520 g/mol. The molecule has 0 amide bonds. The molecule has 2 N–H and O–H groups in total. The van der Waals surface area contributed by atoms with Crippen LogP contribution in [0.5, 0.6) is 0 Å². The van der Waals surface area contributed by atoms with Crippen molar-refractivity contribution in [3.63, 3.8) is 0 Å². The van der Waals surface area contributed by atoms with Crippen molar-refractivity contribution in [3.8, 4) is 0 Å². The van der Waals surface area contributed by atoms with Crippen molar-refractivity contribution in [1.29, 1.82) is 0 Å². The average Bonchev–Trinajstić information content (AvgIpc) is 3.53. The number of likely N-dealkylation sites (tertiary alicyclic amines) is 3. The Bertz CT molecular complexity index is 722. The van der Waals surface area contributed by atoms with Crippen LogP contribution in [0.4, 0.5) is 0 Å². The van der Waals surface area contributed by atoms with Crippen molar-refractivity contribution < 1.29 is 9.84 Å². The van der Waals surface area contributed by atoms with Crippen molar-refractivity contribution in [3.05, 3.63) is 0 Å². The molecular weight excluding hydrogens is 468 g/mol. The summed E-state index contributed by atoms with van der Waals surface area (Å²) >= 11 is 2.11. The first kappa shape index (κ1) is 26.3. The fraction of sp³-hybridized carbons (Fsp3) is 1.00. The molecule has 36 heavy (non-hydrogen) atoms. The molecule has 4 heterocycles. The molecule has 0 radical (unpaired) electrons. The molecule has 0 aromatic rings. The molecule has 6 unspecified atom stereocenters. The lowest BCUT2D eigenvalue weighted by molar-refractivity contribution is -0.101. The second-order valence-corrected chi connectivity index (χ2v) is 14.6. The fourth-order valence-corrected chi connectivity index (χ4v) is 10.8. The molecule has 4 saturated heterocycles. The Balaban J connectivity index is 1.25. The first-order valence-corrected chi connectivity index (χ1v) is 16.3. The number of nitrogens with one attached hydrogen (secondary N) is 1. The number of likely N-dealkylation sites (N-methyl/N-ethyl adjacent to an activating group) is 1. The number of ether oxygens (including phenoxy) is 1. The third-order valence-electron chi connectivity index (χ3n) is 11.5. The molecule has 7 atom stereocenters. The topological polar surface area (TPSA) is 51.2 Å². The predicted octanol–water partition coefficient (Wildman–Crippen LogP) is 3.10. The van der Waals surface area contributed by atoms with Gasteiger partial charge in [0, 0.05) is 57.2 Å². The lowest BCUT2D eigenvalue weighted by Crippen LogP contribution is -2.66. The molecule has 7 heteroatoms. The van der Waals surface area contributed by atoms with E-state index in [4.69, 9.17) is 4.74 Å². The van der Waals surface area contributed by atoms with E-state index in [1.54, 1.807) is 0 Å². The Kier molecular flexibility index (Phi) is 8.27. The van der Waals surface area contributed by atoms with E-state index in [2.05, 4.69) is 38.8 Å². The normalized spacial score (nSPS) is 42.6. The van der Waals surface area contributed by atoms with Gasteiger partial charge in [0.1, 0.15) is 0 Å². The van der Waals surface area contributed by atoms with Gasteiger partial charge in [-0.2, -0.15) is 0 Å². The van der Waals surface area contributed by atoms with E-state index in [0.29, 0.717) is 41.6 Å². The molecule has 0 aromatic heterocycles. The average molecular weight is 521 g/mol. The van der Waals surface area contributed by atoms with Gasteiger partial charge >= 0.3 is 0 Å². The first-order valence-electron chi connectivity index (χ1n) is 15.3. The first-order chi connectivity index (χ1) is 17.6. The fourth-order valence-electron chi connectivity index (χ4n) is 9.76. The van der Waals surface area contributed by atoms with Crippen LogP contribution in [-0.2, 0) is 4.74 Å². The SMILES string of the molecule is COC1CCC2C(C1)N(C)C1C2C2(CCN(CC3NCCS3)CC2)CN(CC2CCCCC2)[C@H]1CO. The highest BCUT2D eigenvalue weighted by Crippen LogP contribution is 2.58. The Morgan fingerprint density at radius 2 is 1.86 bits per heavy atom. The summed E-state index contributed by atoms with van der Waals surface area (Å²) in [7, 11) is 4.31. The van der Waals surface area contributed by atoms with Gasteiger partial charge in [0.05, 0.1) is 18.1 Å². The van der Waals surface area contributed by atoms with Crippen molar-refractivity contribution in [2.75, 3.05) is 65.8 Å². The summed E-state index contributed by atoms with van der Waals surface area (Å²) in [4.78, 5) is 8.34. The zero-order chi connectivity index (χ0) is 24.7. The zero-order valence-corrected chi connectivity index (χ0v) is 23.8. The Labute approximate surface area is 224 Å². The Hall–Kier alpha value is 0.110. The summed E-state index contributed by atoms with van der Waals surface area (Å²) in [6.07, 6.45) is 13.8. The minimum Gasteiger partial charge on any atom is -0.395 e. The van der Waals surface area contributed by atoms with Crippen LogP contribution in [0.15, 0.2) is 0 Å². The number of aliphatic hydroxyl groups is 1. The van der Waals surface area contributed by atoms with Gasteiger partial charge < -0.3 is 20.1 Å². The van der Waals surface area contributed by atoms with Crippen LogP contribution >= 0.6 is 11.8 Å². The summed E-state index contributed by atoms with van der Waals surface area (Å²) in [5, 5.41) is 15.2. The quantitative estimate of drug-likeness (QED) is 0.558. The van der Waals surface area contributed by atoms with Crippen molar-refractivity contribution in [2.45, 2.75) is 93.8 Å². The molecule has 6 fully saturated rings. The van der Waals surface area contributed by atoms with Crippen molar-refractivity contribution >= 4 is 11.8 Å². The molecule has 6 aliphatic rings. The molecule has 1 spiro atoms. The third kappa shape index (κ3) is 4.93. The summed E-state index contributed by atoms with van der Waals surface area (Å²) in [5.74, 6) is 3.60. The van der Waals surface area contributed by atoms with Gasteiger partial charge in [-0.1, -0.05) is 19.3 Å². The number of thioether (sulfide) groups is 1. The van der Waals surface area contributed by atoms with Crippen LogP contribution in [0, 0.1) is 23.2 Å². The summed E-state index contributed by atoms with van der Waals surface area (Å²) in [6.45, 7) is 7.65. The van der Waals surface area contributed by atoms with Gasteiger partial charge in [-0.05, 0) is 88.3 Å². The number of nitrogens with zero attached hydrogens (tertiary/aromatic N) is 3. The second kappa shape index (κ2) is 11.3. The number of aliphatic hydroxyl groups excluding tert-OH is 1. The van der Waals surface area contributed by atoms with Crippen LogP contribution in [-0.4, -0.2) is 115 Å². The van der Waals surface area contributed by atoms with Gasteiger partial charge in [0.15, 0.2) is 0 Å². The molecule has 6 rings (SSSR count). The zero-order valence-electron chi connectivity index (χ0n) is 23.0. The maximum atomic E-state index is 10.9. The van der Waals surface area contributed by atoms with Crippen LogP contribution in [0.1, 0.15) is 64.2 Å². The van der Waals surface area contributed by atoms with E-state index in [0.717, 1.165) is 17.8 Å². The van der Waals surface area contributed by atoms with Crippen LogP contribution in [0.3, 0.4) is 0 Å². The number of methoxy groups -OCH3 is 1. The van der Waals surface area contributed by atoms with Gasteiger partial charge in [-0.25, -0.2) is 0 Å². The maximum absolute atomic E-state index is 10.9. The number of hydrogen-bond donors (Lipinski definition) is 2. The lowest BCUT2D eigenvalue weighted by Gasteiger charge is -2.58. The largest absolute Gasteiger partial charge is 0.395 e. The predicted molar refractivity (Wildman–Crippen MR) is 148 cm³/mol. The number of piperidine rings is 2. The number of hydrogen-bond acceptors (Lipinski definition) is 7. The molecule has 0 aromatic carbocycles. The van der Waals surface area contributed by atoms with E-state index in [9.17, 15) is 5.11 Å². The summed E-state index contributed by atoms with van der Waals surface area (Å²) in [5.41, 5.74) is 0.408. The van der Waals surface area contributed by atoms with Crippen LogP contribution < -0.4 is 5.32 Å². The molecule has 0 bridgehead atoms. The molecule has 2 aliphatic carbocycles. The van der Waals surface area contributed by atoms with E-state index in [1.807, 2.05) is 7.11 Å². The second-order valence-electron chi connectivity index (χ2n) is 13.2. The van der Waals surface area contributed by atoms with Crippen LogP contribution in [0.25, 0.3) is 0 Å². The summed E-state index contributed by atoms with van der Waals surface area (Å²) < 4.78 is 5.89. The van der Waals surface area contributed by atoms with Gasteiger partial charge in [-0.15, -0.1) is 11.8 Å². The Morgan fingerprint density at radius 1 is 1.06 bits per heavy atom. The smallest absolute Gasteiger partial charge is 0.0661 e. The van der Waals surface area contributed by atoms with Gasteiger partial charge in [0.2, 0.25) is 0 Å². The van der Waals surface area contributed by atoms with Crippen molar-refractivity contribution in [2.24, 2.45) is 23.2 Å². The Morgan fingerprint density at radius 3 is 2.56 bits per heavy atom. The molecule has 2 saturated carbocycles. The highest BCUT2D eigenvalue weighted by atomic mass is 32.2. The molecule has 6 nitrogen and oxygen atoms in total. The van der Waals surface area contributed by atoms with E-state index >= 15 is 0 Å². The summed E-state index contributed by atoms with van der Waals surface area (Å²) in [6, 6.07) is 1.42. The molecule has 206 valence electrons. The maximum Gasteiger partial charge on any atom is 0.0661 e. The highest BCUT2D eigenvalue weighted by molar-refractivity contribution is 8.00. The molecule has 4 aliphatic heterocycles. The lowest BCUT2D eigenvalue weighted by atomic mass is 9.57. The van der Waals surface area contributed by atoms with E-state index in [1.165, 1.54) is 109 Å². The van der Waals surface area contributed by atoms with E-state index in [-0.39, 0.29) is 0 Å². The minimum absolute atomic E-state index is 0.302. The molecular formula is C29H52N4O2S. The highest BCUT2D eigenvalue weighted by Gasteiger charge is 2.63.